The van der Waals surface area contributed by atoms with Crippen LogP contribution in [-0.2, 0) is 39.4 Å². The number of hydrogen-bond donors (Lipinski definition) is 0. The van der Waals surface area contributed by atoms with Crippen molar-refractivity contribution in [2.24, 2.45) is 0 Å². The largest absolute Gasteiger partial charge is 0.446 e. The molecule has 2 aromatic rings. The van der Waals surface area contributed by atoms with Gasteiger partial charge in [-0.2, -0.15) is 39.5 Å². The van der Waals surface area contributed by atoms with E-state index in [4.69, 9.17) is 4.74 Å². The van der Waals surface area contributed by atoms with Crippen LogP contribution in [0, 0.1) is 0 Å². The van der Waals surface area contributed by atoms with Crippen molar-refractivity contribution in [3.05, 3.63) is 58.4 Å². The van der Waals surface area contributed by atoms with Crippen molar-refractivity contribution >= 4 is 23.5 Å². The highest BCUT2D eigenvalue weighted by atomic mass is 19.4. The summed E-state index contributed by atoms with van der Waals surface area (Å²) in [7, 11) is 0. The van der Waals surface area contributed by atoms with Crippen molar-refractivity contribution in [3.63, 3.8) is 0 Å². The Balaban J connectivity index is 2.27. The lowest BCUT2D eigenvalue weighted by molar-refractivity contribution is -0.143. The van der Waals surface area contributed by atoms with E-state index in [0.29, 0.717) is 18.2 Å². The lowest BCUT2D eigenvalue weighted by atomic mass is 9.91. The van der Waals surface area contributed by atoms with Gasteiger partial charge in [0.15, 0.2) is 0 Å². The highest BCUT2D eigenvalue weighted by molar-refractivity contribution is 5.97. The maximum atomic E-state index is 13.7. The summed E-state index contributed by atoms with van der Waals surface area (Å²) < 4.78 is 128. The van der Waals surface area contributed by atoms with E-state index in [9.17, 15) is 53.9 Å². The van der Waals surface area contributed by atoms with E-state index in [2.05, 4.69) is 4.98 Å². The van der Waals surface area contributed by atoms with Gasteiger partial charge < -0.3 is 9.64 Å². The number of rotatable bonds is 7. The van der Waals surface area contributed by atoms with Crippen LogP contribution in [0.2, 0.25) is 0 Å². The van der Waals surface area contributed by atoms with Gasteiger partial charge in [0.2, 0.25) is 5.91 Å². The summed E-state index contributed by atoms with van der Waals surface area (Å²) in [5, 5.41) is 0. The maximum Gasteiger partial charge on any atom is 0.433 e. The number of ketones is 1. The van der Waals surface area contributed by atoms with E-state index in [-0.39, 0.29) is 24.6 Å². The molecule has 2 amide bonds. The van der Waals surface area contributed by atoms with Gasteiger partial charge in [-0.1, -0.05) is 6.92 Å². The van der Waals surface area contributed by atoms with E-state index >= 15 is 0 Å². The Kier molecular flexibility index (Phi) is 9.95. The number of Topliss-reactive ketones (excluding diaryl/α,β-unsaturated/α-hetero) is 1. The molecule has 0 saturated heterocycles. The Bertz CT molecular complexity index is 1370. The van der Waals surface area contributed by atoms with Crippen LogP contribution in [0.3, 0.4) is 0 Å². The third-order valence-corrected chi connectivity index (χ3v) is 6.73. The van der Waals surface area contributed by atoms with Gasteiger partial charge in [0.1, 0.15) is 11.5 Å². The summed E-state index contributed by atoms with van der Waals surface area (Å²) in [6, 6.07) is -0.154. The molecule has 0 saturated carbocycles. The van der Waals surface area contributed by atoms with Crippen LogP contribution in [0.5, 0.6) is 0 Å². The first-order valence-electron chi connectivity index (χ1n) is 13.3. The molecule has 1 aliphatic heterocycles. The van der Waals surface area contributed by atoms with Crippen LogP contribution in [0.25, 0.3) is 0 Å². The number of ether oxygens (including phenoxy) is 1. The molecule has 1 aromatic carbocycles. The number of halogens is 9. The molecule has 0 radical (unpaired) electrons. The molecule has 44 heavy (non-hydrogen) atoms. The van der Waals surface area contributed by atoms with Crippen molar-refractivity contribution in [2.75, 3.05) is 4.90 Å². The third kappa shape index (κ3) is 8.00. The van der Waals surface area contributed by atoms with Gasteiger partial charge >= 0.3 is 24.6 Å². The van der Waals surface area contributed by atoms with E-state index in [1.807, 2.05) is 0 Å². The van der Waals surface area contributed by atoms with Crippen LogP contribution >= 0.6 is 0 Å². The molecule has 242 valence electrons. The third-order valence-electron chi connectivity index (χ3n) is 6.73. The Labute approximate surface area is 246 Å². The molecule has 0 fully saturated rings. The average molecular weight is 642 g/mol. The summed E-state index contributed by atoms with van der Waals surface area (Å²) in [4.78, 5) is 43.8. The van der Waals surface area contributed by atoms with Gasteiger partial charge in [-0.25, -0.2) is 9.78 Å². The predicted octanol–water partition coefficient (Wildman–Crippen LogP) is 7.72. The topological polar surface area (TPSA) is 79.8 Å². The van der Waals surface area contributed by atoms with Crippen LogP contribution in [-0.4, -0.2) is 39.8 Å². The lowest BCUT2D eigenvalue weighted by Gasteiger charge is -2.43. The van der Waals surface area contributed by atoms with Crippen molar-refractivity contribution in [2.45, 2.75) is 90.2 Å². The Morgan fingerprint density at radius 2 is 1.52 bits per heavy atom. The lowest BCUT2D eigenvalue weighted by Crippen LogP contribution is -2.49. The first-order chi connectivity index (χ1) is 20.1. The van der Waals surface area contributed by atoms with Crippen LogP contribution < -0.4 is 4.90 Å². The molecule has 3 rings (SSSR count). The number of amides is 2. The first-order valence-corrected chi connectivity index (χ1v) is 13.3. The smallest absolute Gasteiger partial charge is 0.433 e. The monoisotopic (exact) mass is 641 g/mol. The minimum atomic E-state index is -5.21. The quantitative estimate of drug-likeness (QED) is 0.229. The van der Waals surface area contributed by atoms with Crippen molar-refractivity contribution in [1.29, 1.82) is 0 Å². The van der Waals surface area contributed by atoms with Crippen molar-refractivity contribution in [3.8, 4) is 0 Å². The Morgan fingerprint density at radius 3 is 1.98 bits per heavy atom. The number of hydrogen-bond acceptors (Lipinski definition) is 5. The molecule has 7 nitrogen and oxygen atoms in total. The molecule has 0 bridgehead atoms. The average Bonchev–Trinajstić information content (AvgIpc) is 2.88. The van der Waals surface area contributed by atoms with Gasteiger partial charge in [0.05, 0.1) is 41.1 Å². The van der Waals surface area contributed by atoms with Crippen molar-refractivity contribution < 1.29 is 58.6 Å². The molecule has 16 heteroatoms. The van der Waals surface area contributed by atoms with E-state index in [1.54, 1.807) is 6.92 Å². The molecule has 2 heterocycles. The molecule has 0 unspecified atom stereocenters. The number of fused-ring (bicyclic) bond motifs is 1. The zero-order chi connectivity index (χ0) is 33.4. The normalized spacial score (nSPS) is 17.4. The first kappa shape index (κ1) is 34.6. The zero-order valence-electron chi connectivity index (χ0n) is 23.8. The van der Waals surface area contributed by atoms with Gasteiger partial charge in [0.25, 0.3) is 0 Å². The Hall–Kier alpha value is -3.85. The summed E-state index contributed by atoms with van der Waals surface area (Å²) in [6.45, 7) is 4.74. The summed E-state index contributed by atoms with van der Waals surface area (Å²) >= 11 is 0. The SMILES string of the molecule is CC[C@@H]1C[C@H](N(Cc2cc(C(F)(F)F)cc(C(F)(F)F)c2)C(=O)CC(C)=O)c2nc(C(F)(F)F)ccc2N1C(=O)OC(C)C. The highest BCUT2D eigenvalue weighted by Gasteiger charge is 2.44. The number of benzene rings is 1. The standard InChI is InChI=1S/C28H28F9N3O4/c1-5-19-12-21(24-20(40(19)25(43)44-14(2)3)6-7-22(38-24)28(35,36)37)39(23(42)8-15(4)41)13-16-9-17(26(29,30)31)11-18(10-16)27(32,33)34/h6-7,9-11,14,19,21H,5,8,12-13H2,1-4H3/t19-,21+/m1/s1. The van der Waals surface area contributed by atoms with Gasteiger partial charge in [-0.15, -0.1) is 0 Å². The van der Waals surface area contributed by atoms with Gasteiger partial charge in [-0.05, 0) is 69.5 Å². The van der Waals surface area contributed by atoms with Gasteiger partial charge in [-0.3, -0.25) is 14.5 Å². The van der Waals surface area contributed by atoms with E-state index in [0.717, 1.165) is 22.8 Å². The molecule has 0 spiro atoms. The number of anilines is 1. The van der Waals surface area contributed by atoms with Crippen molar-refractivity contribution in [1.82, 2.24) is 9.88 Å². The molecule has 0 N–H and O–H groups in total. The summed E-state index contributed by atoms with van der Waals surface area (Å²) in [5.41, 5.74) is -6.11. The second kappa shape index (κ2) is 12.6. The maximum absolute atomic E-state index is 13.7. The second-order valence-electron chi connectivity index (χ2n) is 10.5. The fourth-order valence-corrected chi connectivity index (χ4v) is 4.87. The predicted molar refractivity (Wildman–Crippen MR) is 137 cm³/mol. The highest BCUT2D eigenvalue weighted by Crippen LogP contribution is 2.44. The minimum absolute atomic E-state index is 0.108. The van der Waals surface area contributed by atoms with Gasteiger partial charge in [0, 0.05) is 12.6 Å². The number of alkyl halides is 9. The van der Waals surface area contributed by atoms with E-state index < -0.39 is 95.5 Å². The molecule has 1 aliphatic rings. The molecular formula is C28H28F9N3O4. The number of pyridine rings is 1. The van der Waals surface area contributed by atoms with Crippen LogP contribution in [0.15, 0.2) is 30.3 Å². The fourth-order valence-electron chi connectivity index (χ4n) is 4.87. The number of nitrogens with zero attached hydrogens (tertiary/aromatic N) is 3. The zero-order valence-corrected chi connectivity index (χ0v) is 23.8. The summed E-state index contributed by atoms with van der Waals surface area (Å²) in [5.74, 6) is -1.80. The molecule has 0 aliphatic carbocycles. The number of carbonyl (C=O) groups is 3. The fraction of sp³-hybridized carbons (Fsp3) is 0.500. The molecule has 2 atom stereocenters. The minimum Gasteiger partial charge on any atom is -0.446 e. The Morgan fingerprint density at radius 1 is 0.955 bits per heavy atom. The number of aromatic nitrogens is 1. The molecule has 1 aromatic heterocycles. The number of carbonyl (C=O) groups excluding carboxylic acids is 3. The molecular weight excluding hydrogens is 613 g/mol. The second-order valence-corrected chi connectivity index (χ2v) is 10.5. The van der Waals surface area contributed by atoms with Crippen LogP contribution in [0.4, 0.5) is 50.0 Å². The van der Waals surface area contributed by atoms with Crippen LogP contribution in [0.1, 0.15) is 81.1 Å². The van der Waals surface area contributed by atoms with E-state index in [1.165, 1.54) is 13.8 Å². The summed E-state index contributed by atoms with van der Waals surface area (Å²) in [6.07, 6.45) is -18.0.